The van der Waals surface area contributed by atoms with Crippen molar-refractivity contribution in [3.8, 4) is 11.5 Å². The predicted octanol–water partition coefficient (Wildman–Crippen LogP) is 3.73. The van der Waals surface area contributed by atoms with Gasteiger partial charge in [-0.3, -0.25) is 4.90 Å². The van der Waals surface area contributed by atoms with E-state index in [1.54, 1.807) is 25.3 Å². The van der Waals surface area contributed by atoms with Crippen LogP contribution in [0.5, 0.6) is 11.5 Å². The van der Waals surface area contributed by atoms with Gasteiger partial charge in [-0.05, 0) is 56.1 Å². The SMILES string of the molecule is COc1ccc(CN2CCC[C@@H](N)CC2)cc1OCc1ccccc1F. The second-order valence-electron chi connectivity index (χ2n) is 6.83. The number of nitrogens with zero attached hydrogens (tertiary/aromatic N) is 1. The fourth-order valence-corrected chi connectivity index (χ4v) is 3.30. The van der Waals surface area contributed by atoms with Crippen molar-refractivity contribution < 1.29 is 13.9 Å². The van der Waals surface area contributed by atoms with Crippen molar-refractivity contribution in [2.75, 3.05) is 20.2 Å². The quantitative estimate of drug-likeness (QED) is 0.855. The van der Waals surface area contributed by atoms with Gasteiger partial charge in [0.2, 0.25) is 0 Å². The van der Waals surface area contributed by atoms with E-state index in [4.69, 9.17) is 15.2 Å². The third-order valence-electron chi connectivity index (χ3n) is 4.84. The standard InChI is InChI=1S/C21H27FN2O2/c1-25-20-9-8-16(14-24-11-4-6-18(23)10-12-24)13-21(20)26-15-17-5-2-3-7-19(17)22/h2-3,5,7-9,13,18H,4,6,10-12,14-15,23H2,1H3/t18-/m1/s1. The van der Waals surface area contributed by atoms with E-state index < -0.39 is 0 Å². The zero-order valence-corrected chi connectivity index (χ0v) is 15.3. The zero-order chi connectivity index (χ0) is 18.4. The Morgan fingerprint density at radius 3 is 2.77 bits per heavy atom. The molecule has 0 bridgehead atoms. The summed E-state index contributed by atoms with van der Waals surface area (Å²) in [5.74, 6) is 1.03. The number of likely N-dealkylation sites (tertiary alicyclic amines) is 1. The van der Waals surface area contributed by atoms with Crippen LogP contribution in [0, 0.1) is 5.82 Å². The molecule has 5 heteroatoms. The minimum Gasteiger partial charge on any atom is -0.493 e. The normalized spacial score (nSPS) is 18.3. The molecule has 1 saturated heterocycles. The summed E-state index contributed by atoms with van der Waals surface area (Å²) >= 11 is 0. The molecule has 0 aliphatic carbocycles. The Labute approximate surface area is 154 Å². The predicted molar refractivity (Wildman–Crippen MR) is 101 cm³/mol. The Kier molecular flexibility index (Phi) is 6.47. The van der Waals surface area contributed by atoms with Crippen molar-refractivity contribution in [3.05, 3.63) is 59.4 Å². The van der Waals surface area contributed by atoms with E-state index in [1.165, 1.54) is 6.07 Å². The lowest BCUT2D eigenvalue weighted by molar-refractivity contribution is 0.268. The van der Waals surface area contributed by atoms with Crippen LogP contribution in [0.1, 0.15) is 30.4 Å². The number of nitrogens with two attached hydrogens (primary N) is 1. The first-order valence-corrected chi connectivity index (χ1v) is 9.17. The summed E-state index contributed by atoms with van der Waals surface area (Å²) in [5.41, 5.74) is 7.75. The van der Waals surface area contributed by atoms with E-state index in [0.29, 0.717) is 23.1 Å². The molecule has 1 fully saturated rings. The number of rotatable bonds is 6. The summed E-state index contributed by atoms with van der Waals surface area (Å²) in [6.45, 7) is 3.10. The third kappa shape index (κ3) is 4.96. The molecule has 2 aromatic rings. The maximum Gasteiger partial charge on any atom is 0.161 e. The Bertz CT molecular complexity index is 723. The fourth-order valence-electron chi connectivity index (χ4n) is 3.30. The Morgan fingerprint density at radius 1 is 1.12 bits per heavy atom. The van der Waals surface area contributed by atoms with Crippen LogP contribution in [0.25, 0.3) is 0 Å². The minimum atomic E-state index is -0.261. The van der Waals surface area contributed by atoms with Crippen LogP contribution in [0.3, 0.4) is 0 Å². The molecule has 1 aliphatic heterocycles. The highest BCUT2D eigenvalue weighted by Gasteiger charge is 2.15. The second-order valence-corrected chi connectivity index (χ2v) is 6.83. The largest absolute Gasteiger partial charge is 0.493 e. The molecule has 0 amide bonds. The van der Waals surface area contributed by atoms with E-state index in [2.05, 4.69) is 11.0 Å². The number of methoxy groups -OCH3 is 1. The van der Waals surface area contributed by atoms with Crippen molar-refractivity contribution in [3.63, 3.8) is 0 Å². The van der Waals surface area contributed by atoms with Crippen molar-refractivity contribution in [1.29, 1.82) is 0 Å². The summed E-state index contributed by atoms with van der Waals surface area (Å²) in [7, 11) is 1.61. The van der Waals surface area contributed by atoms with Gasteiger partial charge in [-0.2, -0.15) is 0 Å². The lowest BCUT2D eigenvalue weighted by Crippen LogP contribution is -2.26. The lowest BCUT2D eigenvalue weighted by atomic mass is 10.1. The molecule has 0 aromatic heterocycles. The van der Waals surface area contributed by atoms with Crippen LogP contribution in [-0.2, 0) is 13.2 Å². The van der Waals surface area contributed by atoms with Gasteiger partial charge in [0.25, 0.3) is 0 Å². The molecule has 1 aliphatic rings. The molecular weight excluding hydrogens is 331 g/mol. The zero-order valence-electron chi connectivity index (χ0n) is 15.3. The average Bonchev–Trinajstić information content (AvgIpc) is 2.85. The number of hydrogen-bond acceptors (Lipinski definition) is 4. The van der Waals surface area contributed by atoms with Crippen molar-refractivity contribution in [2.45, 2.75) is 38.5 Å². The van der Waals surface area contributed by atoms with Crippen LogP contribution >= 0.6 is 0 Å². The highest BCUT2D eigenvalue weighted by molar-refractivity contribution is 5.43. The minimum absolute atomic E-state index is 0.172. The maximum atomic E-state index is 13.8. The fraction of sp³-hybridized carbons (Fsp3) is 0.429. The number of ether oxygens (including phenoxy) is 2. The van der Waals surface area contributed by atoms with Crippen LogP contribution in [0.4, 0.5) is 4.39 Å². The first-order valence-electron chi connectivity index (χ1n) is 9.17. The smallest absolute Gasteiger partial charge is 0.161 e. The summed E-state index contributed by atoms with van der Waals surface area (Å²) in [4.78, 5) is 2.43. The maximum absolute atomic E-state index is 13.8. The van der Waals surface area contributed by atoms with E-state index in [1.807, 2.05) is 12.1 Å². The Balaban J connectivity index is 1.68. The number of hydrogen-bond donors (Lipinski definition) is 1. The van der Waals surface area contributed by atoms with Gasteiger partial charge in [-0.1, -0.05) is 24.3 Å². The molecule has 0 spiro atoms. The highest BCUT2D eigenvalue weighted by Crippen LogP contribution is 2.30. The summed E-state index contributed by atoms with van der Waals surface area (Å²) in [6, 6.07) is 12.9. The van der Waals surface area contributed by atoms with Gasteiger partial charge in [-0.25, -0.2) is 4.39 Å². The van der Waals surface area contributed by atoms with Gasteiger partial charge in [0.15, 0.2) is 11.5 Å². The average molecular weight is 358 g/mol. The highest BCUT2D eigenvalue weighted by atomic mass is 19.1. The number of halogens is 1. The Morgan fingerprint density at radius 2 is 1.96 bits per heavy atom. The van der Waals surface area contributed by atoms with Gasteiger partial charge in [0.05, 0.1) is 7.11 Å². The van der Waals surface area contributed by atoms with Crippen LogP contribution in [0.2, 0.25) is 0 Å². The first kappa shape index (κ1) is 18.7. The van der Waals surface area contributed by atoms with Crippen LogP contribution in [0.15, 0.2) is 42.5 Å². The summed E-state index contributed by atoms with van der Waals surface area (Å²) < 4.78 is 25.1. The third-order valence-corrected chi connectivity index (χ3v) is 4.84. The molecule has 0 saturated carbocycles. The van der Waals surface area contributed by atoms with Gasteiger partial charge in [0, 0.05) is 18.2 Å². The Hall–Kier alpha value is -2.11. The van der Waals surface area contributed by atoms with Crippen molar-refractivity contribution >= 4 is 0 Å². The molecular formula is C21H27FN2O2. The number of benzene rings is 2. The molecule has 0 unspecified atom stereocenters. The van der Waals surface area contributed by atoms with Gasteiger partial charge in [0.1, 0.15) is 12.4 Å². The van der Waals surface area contributed by atoms with E-state index >= 15 is 0 Å². The van der Waals surface area contributed by atoms with Gasteiger partial charge < -0.3 is 15.2 Å². The summed E-state index contributed by atoms with van der Waals surface area (Å²) in [6.07, 6.45) is 3.26. The van der Waals surface area contributed by atoms with Crippen LogP contribution < -0.4 is 15.2 Å². The van der Waals surface area contributed by atoms with E-state index in [9.17, 15) is 4.39 Å². The van der Waals surface area contributed by atoms with E-state index in [-0.39, 0.29) is 12.4 Å². The van der Waals surface area contributed by atoms with Gasteiger partial charge in [-0.15, -0.1) is 0 Å². The molecule has 1 heterocycles. The first-order chi connectivity index (χ1) is 12.7. The van der Waals surface area contributed by atoms with Crippen LogP contribution in [-0.4, -0.2) is 31.1 Å². The van der Waals surface area contributed by atoms with E-state index in [0.717, 1.165) is 44.5 Å². The van der Waals surface area contributed by atoms with Crippen molar-refractivity contribution in [1.82, 2.24) is 4.90 Å². The molecule has 4 nitrogen and oxygen atoms in total. The molecule has 0 radical (unpaired) electrons. The molecule has 140 valence electrons. The molecule has 2 N–H and O–H groups in total. The second kappa shape index (κ2) is 9.01. The molecule has 2 aromatic carbocycles. The summed E-state index contributed by atoms with van der Waals surface area (Å²) in [5, 5.41) is 0. The monoisotopic (exact) mass is 358 g/mol. The molecule has 3 rings (SSSR count). The lowest BCUT2D eigenvalue weighted by Gasteiger charge is -2.21. The van der Waals surface area contributed by atoms with Crippen molar-refractivity contribution in [2.24, 2.45) is 5.73 Å². The molecule has 1 atom stereocenters. The topological polar surface area (TPSA) is 47.7 Å². The van der Waals surface area contributed by atoms with Gasteiger partial charge >= 0.3 is 0 Å². The molecule has 26 heavy (non-hydrogen) atoms.